The summed E-state index contributed by atoms with van der Waals surface area (Å²) in [5.41, 5.74) is 0.768. The summed E-state index contributed by atoms with van der Waals surface area (Å²) in [4.78, 5) is 23.7. The predicted octanol–water partition coefficient (Wildman–Crippen LogP) is 3.08. The molecule has 0 aliphatic rings. The molecular weight excluding hydrogens is 453 g/mol. The highest BCUT2D eigenvalue weighted by Crippen LogP contribution is 2.21. The maximum Gasteiger partial charge on any atom is 0.340 e. The molecule has 144 valence electrons. The number of carbonyl (C=O) groups is 2. The van der Waals surface area contributed by atoms with Crippen molar-refractivity contribution in [1.29, 1.82) is 0 Å². The van der Waals surface area contributed by atoms with Gasteiger partial charge in [-0.1, -0.05) is 27.7 Å². The molecule has 28 heavy (non-hydrogen) atoms. The lowest BCUT2D eigenvalue weighted by Crippen LogP contribution is -2.15. The Labute approximate surface area is 171 Å². The van der Waals surface area contributed by atoms with Gasteiger partial charge in [-0.25, -0.2) is 9.18 Å². The molecule has 0 aliphatic heterocycles. The second kappa shape index (κ2) is 8.93. The van der Waals surface area contributed by atoms with Crippen LogP contribution >= 0.6 is 27.7 Å². The fraction of sp³-hybridized carbons (Fsp3) is 0.118. The molecule has 3 rings (SSSR count). The van der Waals surface area contributed by atoms with Crippen molar-refractivity contribution in [2.45, 2.75) is 5.16 Å². The Morgan fingerprint density at radius 3 is 2.71 bits per heavy atom. The first-order valence-electron chi connectivity index (χ1n) is 7.83. The van der Waals surface area contributed by atoms with Gasteiger partial charge in [0.05, 0.1) is 24.1 Å². The van der Waals surface area contributed by atoms with Gasteiger partial charge in [-0.3, -0.25) is 4.79 Å². The van der Waals surface area contributed by atoms with Gasteiger partial charge in [-0.2, -0.15) is 4.68 Å². The van der Waals surface area contributed by atoms with Crippen molar-refractivity contribution in [3.8, 4) is 5.69 Å². The van der Waals surface area contributed by atoms with Crippen LogP contribution in [0.4, 0.5) is 10.1 Å². The number of hydrogen-bond acceptors (Lipinski definition) is 7. The molecule has 1 aromatic heterocycles. The Balaban J connectivity index is 1.65. The molecule has 0 bridgehead atoms. The lowest BCUT2D eigenvalue weighted by Gasteiger charge is -2.08. The first kappa shape index (κ1) is 20.0. The minimum atomic E-state index is -0.823. The highest BCUT2D eigenvalue weighted by Gasteiger charge is 2.15. The molecule has 0 saturated heterocycles. The number of methoxy groups -OCH3 is 1. The quantitative estimate of drug-likeness (QED) is 0.440. The van der Waals surface area contributed by atoms with E-state index in [0.717, 1.165) is 35.1 Å². The summed E-state index contributed by atoms with van der Waals surface area (Å²) in [6.07, 6.45) is 0. The van der Waals surface area contributed by atoms with Gasteiger partial charge in [0.15, 0.2) is 0 Å². The predicted molar refractivity (Wildman–Crippen MR) is 104 cm³/mol. The van der Waals surface area contributed by atoms with Gasteiger partial charge < -0.3 is 10.1 Å². The fourth-order valence-corrected chi connectivity index (χ4v) is 3.16. The summed E-state index contributed by atoms with van der Waals surface area (Å²) in [5, 5.41) is 14.5. The highest BCUT2D eigenvalue weighted by molar-refractivity contribution is 9.10. The van der Waals surface area contributed by atoms with Crippen molar-refractivity contribution < 1.29 is 18.7 Å². The van der Waals surface area contributed by atoms with Crippen LogP contribution in [0.1, 0.15) is 10.4 Å². The number of nitrogens with zero attached hydrogens (tertiary/aromatic N) is 4. The van der Waals surface area contributed by atoms with Crippen LogP contribution in [0.2, 0.25) is 0 Å². The van der Waals surface area contributed by atoms with Crippen molar-refractivity contribution in [2.24, 2.45) is 0 Å². The SMILES string of the molecule is COC(=O)c1cc(NC(=O)CSc2nnnn2-c2ccc(Br)cc2)ccc1F. The van der Waals surface area contributed by atoms with E-state index < -0.39 is 11.8 Å². The Bertz CT molecular complexity index is 1010. The second-order valence-electron chi connectivity index (χ2n) is 5.37. The van der Waals surface area contributed by atoms with Gasteiger partial charge in [0.2, 0.25) is 11.1 Å². The molecule has 0 unspecified atom stereocenters. The lowest BCUT2D eigenvalue weighted by molar-refractivity contribution is -0.113. The monoisotopic (exact) mass is 465 g/mol. The molecule has 3 aromatic rings. The molecule has 0 spiro atoms. The minimum Gasteiger partial charge on any atom is -0.465 e. The van der Waals surface area contributed by atoms with E-state index in [1.807, 2.05) is 24.3 Å². The van der Waals surface area contributed by atoms with Crippen LogP contribution in [0.3, 0.4) is 0 Å². The van der Waals surface area contributed by atoms with Gasteiger partial charge >= 0.3 is 5.97 Å². The molecule has 2 aromatic carbocycles. The number of halogens is 2. The second-order valence-corrected chi connectivity index (χ2v) is 7.23. The van der Waals surface area contributed by atoms with E-state index in [0.29, 0.717) is 5.16 Å². The normalized spacial score (nSPS) is 10.5. The van der Waals surface area contributed by atoms with E-state index in [4.69, 9.17) is 0 Å². The van der Waals surface area contributed by atoms with E-state index in [2.05, 4.69) is 41.5 Å². The molecule has 0 radical (unpaired) electrons. The number of nitrogens with one attached hydrogen (secondary N) is 1. The van der Waals surface area contributed by atoms with Crippen LogP contribution in [-0.2, 0) is 9.53 Å². The lowest BCUT2D eigenvalue weighted by atomic mass is 10.2. The highest BCUT2D eigenvalue weighted by atomic mass is 79.9. The summed E-state index contributed by atoms with van der Waals surface area (Å²) in [5.74, 6) is -1.90. The van der Waals surface area contributed by atoms with Gasteiger partial charge in [0.25, 0.3) is 0 Å². The summed E-state index contributed by atoms with van der Waals surface area (Å²) < 4.78 is 20.6. The van der Waals surface area contributed by atoms with Crippen molar-refractivity contribution in [3.63, 3.8) is 0 Å². The van der Waals surface area contributed by atoms with Crippen LogP contribution in [-0.4, -0.2) is 44.9 Å². The molecule has 8 nitrogen and oxygen atoms in total. The number of hydrogen-bond donors (Lipinski definition) is 1. The van der Waals surface area contributed by atoms with Crippen LogP contribution in [0, 0.1) is 5.82 Å². The summed E-state index contributed by atoms with van der Waals surface area (Å²) in [7, 11) is 1.15. The van der Waals surface area contributed by atoms with Crippen LogP contribution in [0.5, 0.6) is 0 Å². The number of thioether (sulfide) groups is 1. The van der Waals surface area contributed by atoms with Crippen molar-refractivity contribution in [1.82, 2.24) is 20.2 Å². The largest absolute Gasteiger partial charge is 0.465 e. The van der Waals surface area contributed by atoms with Crippen molar-refractivity contribution >= 4 is 45.3 Å². The Kier molecular flexibility index (Phi) is 6.37. The van der Waals surface area contributed by atoms with Crippen LogP contribution in [0.15, 0.2) is 52.1 Å². The number of aromatic nitrogens is 4. The number of ether oxygens (including phenoxy) is 1. The zero-order chi connectivity index (χ0) is 20.1. The molecule has 1 amide bonds. The number of amides is 1. The standard InChI is InChI=1S/C17H13BrFN5O3S/c1-27-16(26)13-8-11(4-7-14(13)19)20-15(25)9-28-17-21-22-23-24(17)12-5-2-10(18)3-6-12/h2-8H,9H2,1H3,(H,20,25). The number of anilines is 1. The smallest absolute Gasteiger partial charge is 0.340 e. The van der Waals surface area contributed by atoms with E-state index in [9.17, 15) is 14.0 Å². The zero-order valence-electron chi connectivity index (χ0n) is 14.4. The van der Waals surface area contributed by atoms with Gasteiger partial charge in [-0.05, 0) is 52.9 Å². The Hall–Kier alpha value is -2.79. The van der Waals surface area contributed by atoms with Gasteiger partial charge in [0, 0.05) is 10.2 Å². The topological polar surface area (TPSA) is 99.0 Å². The molecule has 11 heteroatoms. The molecule has 0 saturated carbocycles. The van der Waals surface area contributed by atoms with Crippen molar-refractivity contribution in [2.75, 3.05) is 18.2 Å². The summed E-state index contributed by atoms with van der Waals surface area (Å²) >= 11 is 4.50. The first-order chi connectivity index (χ1) is 13.5. The average Bonchev–Trinajstić information content (AvgIpc) is 3.16. The average molecular weight is 466 g/mol. The third-order valence-corrected chi connectivity index (χ3v) is 4.95. The molecule has 1 heterocycles. The van der Waals surface area contributed by atoms with Gasteiger partial charge in [-0.15, -0.1) is 5.10 Å². The third-order valence-electron chi connectivity index (χ3n) is 3.50. The van der Waals surface area contributed by atoms with Gasteiger partial charge in [0.1, 0.15) is 5.82 Å². The molecule has 0 atom stereocenters. The molecule has 0 fully saturated rings. The first-order valence-corrected chi connectivity index (χ1v) is 9.60. The van der Waals surface area contributed by atoms with Crippen LogP contribution in [0.25, 0.3) is 5.69 Å². The van der Waals surface area contributed by atoms with E-state index in [-0.39, 0.29) is 22.9 Å². The molecule has 1 N–H and O–H groups in total. The third kappa shape index (κ3) is 4.73. The summed E-state index contributed by atoms with van der Waals surface area (Å²) in [6.45, 7) is 0. The van der Waals surface area contributed by atoms with Crippen LogP contribution < -0.4 is 5.32 Å². The minimum absolute atomic E-state index is 0.0157. The maximum atomic E-state index is 13.7. The Morgan fingerprint density at radius 1 is 1.25 bits per heavy atom. The zero-order valence-corrected chi connectivity index (χ0v) is 16.8. The van der Waals surface area contributed by atoms with Crippen molar-refractivity contribution in [3.05, 3.63) is 58.3 Å². The molecule has 0 aliphatic carbocycles. The fourth-order valence-electron chi connectivity index (χ4n) is 2.21. The number of tetrazole rings is 1. The number of carbonyl (C=O) groups excluding carboxylic acids is 2. The number of rotatable bonds is 6. The van der Waals surface area contributed by atoms with E-state index >= 15 is 0 Å². The Morgan fingerprint density at radius 2 is 2.00 bits per heavy atom. The van der Waals surface area contributed by atoms with E-state index in [1.54, 1.807) is 0 Å². The molecular formula is C17H13BrFN5O3S. The summed E-state index contributed by atoms with van der Waals surface area (Å²) in [6, 6.07) is 11.0. The number of esters is 1. The number of benzene rings is 2. The van der Waals surface area contributed by atoms with E-state index in [1.165, 1.54) is 16.8 Å². The maximum absolute atomic E-state index is 13.7.